The number of hydrogen-bond acceptors (Lipinski definition) is 3. The molecule has 0 bridgehead atoms. The molecule has 1 heterocycles. The maximum atomic E-state index is 9.05. The monoisotopic (exact) mass is 333 g/mol. The lowest BCUT2D eigenvalue weighted by Gasteiger charge is -2.14. The molecule has 1 aromatic carbocycles. The Morgan fingerprint density at radius 1 is 1.40 bits per heavy atom. The van der Waals surface area contributed by atoms with Gasteiger partial charge >= 0.3 is 0 Å². The summed E-state index contributed by atoms with van der Waals surface area (Å²) in [6.45, 7) is 4.25. The molecule has 0 spiro atoms. The van der Waals surface area contributed by atoms with Crippen LogP contribution in [0.2, 0.25) is 0 Å². The topological polar surface area (TPSA) is 50.8 Å². The predicted molar refractivity (Wildman–Crippen MR) is 81.7 cm³/mol. The standard InChI is InChI=1S/C15H16BrN3O/c1-9(2)11-7-10(5-6-13(11)20-4)15-14(16)12(8-17)18-19(15)3/h5-7,9H,1-4H3. The van der Waals surface area contributed by atoms with Gasteiger partial charge in [-0.25, -0.2) is 0 Å². The summed E-state index contributed by atoms with van der Waals surface area (Å²) in [6, 6.07) is 8.11. The molecule has 0 atom stereocenters. The SMILES string of the molecule is COc1ccc(-c2c(Br)c(C#N)nn2C)cc1C(C)C. The molecule has 0 aliphatic heterocycles. The van der Waals surface area contributed by atoms with E-state index in [2.05, 4.69) is 47.0 Å². The van der Waals surface area contributed by atoms with E-state index in [-0.39, 0.29) is 0 Å². The molecule has 0 fully saturated rings. The average Bonchev–Trinajstić information content (AvgIpc) is 2.72. The highest BCUT2D eigenvalue weighted by Crippen LogP contribution is 2.35. The molecular formula is C15H16BrN3O. The molecule has 0 radical (unpaired) electrons. The van der Waals surface area contributed by atoms with Crippen molar-refractivity contribution in [1.29, 1.82) is 5.26 Å². The first-order chi connectivity index (χ1) is 9.49. The molecular weight excluding hydrogens is 318 g/mol. The van der Waals surface area contributed by atoms with E-state index >= 15 is 0 Å². The van der Waals surface area contributed by atoms with Gasteiger partial charge in [0.2, 0.25) is 0 Å². The number of methoxy groups -OCH3 is 1. The van der Waals surface area contributed by atoms with Crippen LogP contribution >= 0.6 is 15.9 Å². The minimum absolute atomic E-state index is 0.354. The van der Waals surface area contributed by atoms with Gasteiger partial charge in [0.15, 0.2) is 5.69 Å². The van der Waals surface area contributed by atoms with Crippen molar-refractivity contribution in [2.24, 2.45) is 7.05 Å². The third kappa shape index (κ3) is 2.44. The molecule has 5 heteroatoms. The van der Waals surface area contributed by atoms with Gasteiger partial charge in [0.1, 0.15) is 11.8 Å². The molecule has 104 valence electrons. The fourth-order valence-corrected chi connectivity index (χ4v) is 2.87. The van der Waals surface area contributed by atoms with Crippen molar-refractivity contribution in [2.45, 2.75) is 19.8 Å². The summed E-state index contributed by atoms with van der Waals surface area (Å²) in [5.41, 5.74) is 3.44. The number of nitrogens with zero attached hydrogens (tertiary/aromatic N) is 3. The molecule has 1 aromatic heterocycles. The maximum Gasteiger partial charge on any atom is 0.177 e. The highest BCUT2D eigenvalue weighted by molar-refractivity contribution is 9.10. The van der Waals surface area contributed by atoms with E-state index in [1.54, 1.807) is 11.8 Å². The highest BCUT2D eigenvalue weighted by atomic mass is 79.9. The number of halogens is 1. The van der Waals surface area contributed by atoms with Gasteiger partial charge in [-0.15, -0.1) is 0 Å². The summed E-state index contributed by atoms with van der Waals surface area (Å²) in [5.74, 6) is 1.23. The first-order valence-corrected chi connectivity index (χ1v) is 7.09. The molecule has 0 saturated heterocycles. The van der Waals surface area contributed by atoms with E-state index in [9.17, 15) is 0 Å². The molecule has 20 heavy (non-hydrogen) atoms. The molecule has 0 N–H and O–H groups in total. The fourth-order valence-electron chi connectivity index (χ4n) is 2.22. The number of hydrogen-bond donors (Lipinski definition) is 0. The second kappa shape index (κ2) is 5.68. The van der Waals surface area contributed by atoms with Gasteiger partial charge in [-0.1, -0.05) is 13.8 Å². The second-order valence-electron chi connectivity index (χ2n) is 4.86. The Kier molecular flexibility index (Phi) is 4.15. The van der Waals surface area contributed by atoms with Crippen molar-refractivity contribution in [3.8, 4) is 23.1 Å². The molecule has 0 aliphatic rings. The summed E-state index contributed by atoms with van der Waals surface area (Å²) in [7, 11) is 3.51. The van der Waals surface area contributed by atoms with Gasteiger partial charge in [-0.3, -0.25) is 4.68 Å². The van der Waals surface area contributed by atoms with Crippen LogP contribution in [0.3, 0.4) is 0 Å². The Morgan fingerprint density at radius 3 is 2.60 bits per heavy atom. The number of nitriles is 1. The van der Waals surface area contributed by atoms with Gasteiger partial charge in [-0.2, -0.15) is 10.4 Å². The Bertz CT molecular complexity index is 683. The third-order valence-electron chi connectivity index (χ3n) is 3.22. The van der Waals surface area contributed by atoms with Crippen molar-refractivity contribution in [2.75, 3.05) is 7.11 Å². The molecule has 0 amide bonds. The maximum absolute atomic E-state index is 9.05. The van der Waals surface area contributed by atoms with Crippen molar-refractivity contribution in [3.63, 3.8) is 0 Å². The fraction of sp³-hybridized carbons (Fsp3) is 0.333. The molecule has 2 rings (SSSR count). The van der Waals surface area contributed by atoms with E-state index < -0.39 is 0 Å². The highest BCUT2D eigenvalue weighted by Gasteiger charge is 2.17. The van der Waals surface area contributed by atoms with Gasteiger partial charge in [0, 0.05) is 12.6 Å². The predicted octanol–water partition coefficient (Wildman–Crippen LogP) is 3.85. The Morgan fingerprint density at radius 2 is 2.10 bits per heavy atom. The Hall–Kier alpha value is -1.80. The van der Waals surface area contributed by atoms with E-state index in [1.807, 2.05) is 19.2 Å². The van der Waals surface area contributed by atoms with Crippen LogP contribution in [-0.4, -0.2) is 16.9 Å². The zero-order chi connectivity index (χ0) is 14.9. The van der Waals surface area contributed by atoms with Crippen LogP contribution in [-0.2, 0) is 7.05 Å². The van der Waals surface area contributed by atoms with Crippen molar-refractivity contribution in [3.05, 3.63) is 33.9 Å². The molecule has 0 unspecified atom stereocenters. The van der Waals surface area contributed by atoms with Crippen molar-refractivity contribution >= 4 is 15.9 Å². The molecule has 0 saturated carbocycles. The van der Waals surface area contributed by atoms with Crippen molar-refractivity contribution < 1.29 is 4.74 Å². The average molecular weight is 334 g/mol. The Balaban J connectivity index is 2.63. The molecule has 4 nitrogen and oxygen atoms in total. The zero-order valence-electron chi connectivity index (χ0n) is 11.9. The number of ether oxygens (including phenoxy) is 1. The number of benzene rings is 1. The van der Waals surface area contributed by atoms with Crippen LogP contribution in [0.1, 0.15) is 31.0 Å². The number of rotatable bonds is 3. The second-order valence-corrected chi connectivity index (χ2v) is 5.65. The van der Waals surface area contributed by atoms with E-state index in [4.69, 9.17) is 10.00 Å². The molecule has 2 aromatic rings. The van der Waals surface area contributed by atoms with E-state index in [0.29, 0.717) is 11.6 Å². The third-order valence-corrected chi connectivity index (χ3v) is 3.97. The van der Waals surface area contributed by atoms with Crippen LogP contribution in [0, 0.1) is 11.3 Å². The number of aromatic nitrogens is 2. The lowest BCUT2D eigenvalue weighted by molar-refractivity contribution is 0.407. The minimum Gasteiger partial charge on any atom is -0.496 e. The smallest absolute Gasteiger partial charge is 0.177 e. The summed E-state index contributed by atoms with van der Waals surface area (Å²) < 4.78 is 7.84. The molecule has 0 aliphatic carbocycles. The summed E-state index contributed by atoms with van der Waals surface area (Å²) in [4.78, 5) is 0. The van der Waals surface area contributed by atoms with Crippen LogP contribution in [0.15, 0.2) is 22.7 Å². The quantitative estimate of drug-likeness (QED) is 0.857. The van der Waals surface area contributed by atoms with Gasteiger partial charge in [0.25, 0.3) is 0 Å². The van der Waals surface area contributed by atoms with E-state index in [0.717, 1.165) is 27.0 Å². The largest absolute Gasteiger partial charge is 0.496 e. The normalized spacial score (nSPS) is 10.7. The summed E-state index contributed by atoms with van der Waals surface area (Å²) in [6.07, 6.45) is 0. The van der Waals surface area contributed by atoms with Crippen LogP contribution < -0.4 is 4.74 Å². The van der Waals surface area contributed by atoms with Crippen LogP contribution in [0.4, 0.5) is 0 Å². The van der Waals surface area contributed by atoms with Crippen LogP contribution in [0.5, 0.6) is 5.75 Å². The first-order valence-electron chi connectivity index (χ1n) is 6.30. The first kappa shape index (κ1) is 14.6. The minimum atomic E-state index is 0.354. The summed E-state index contributed by atoms with van der Waals surface area (Å²) in [5, 5.41) is 13.3. The lowest BCUT2D eigenvalue weighted by Crippen LogP contribution is -1.98. The summed E-state index contributed by atoms with van der Waals surface area (Å²) >= 11 is 3.46. The van der Waals surface area contributed by atoms with Crippen LogP contribution in [0.25, 0.3) is 11.3 Å². The van der Waals surface area contributed by atoms with Crippen molar-refractivity contribution in [1.82, 2.24) is 9.78 Å². The number of aryl methyl sites for hydroxylation is 1. The lowest BCUT2D eigenvalue weighted by atomic mass is 9.98. The van der Waals surface area contributed by atoms with Gasteiger partial charge in [0.05, 0.1) is 17.3 Å². The van der Waals surface area contributed by atoms with Gasteiger partial charge < -0.3 is 4.74 Å². The van der Waals surface area contributed by atoms with Gasteiger partial charge in [-0.05, 0) is 45.6 Å². The Labute approximate surface area is 127 Å². The zero-order valence-corrected chi connectivity index (χ0v) is 13.5. The van der Waals surface area contributed by atoms with E-state index in [1.165, 1.54) is 0 Å².